The molecule has 0 fully saturated rings. The number of benzene rings is 1. The summed E-state index contributed by atoms with van der Waals surface area (Å²) in [6.45, 7) is 6.84. The first-order valence-electron chi connectivity index (χ1n) is 5.60. The Morgan fingerprint density at radius 2 is 2.00 bits per heavy atom. The number of hydrogen-bond acceptors (Lipinski definition) is 3. The molecule has 0 amide bonds. The fourth-order valence-corrected chi connectivity index (χ4v) is 1.44. The second-order valence-electron chi connectivity index (χ2n) is 4.42. The van der Waals surface area contributed by atoms with Gasteiger partial charge in [0.15, 0.2) is 0 Å². The van der Waals surface area contributed by atoms with E-state index in [1.54, 1.807) is 12.1 Å². The van der Waals surface area contributed by atoms with Gasteiger partial charge in [0.2, 0.25) is 0 Å². The molecular weight excluding hydrogens is 203 g/mol. The Morgan fingerprint density at radius 3 is 2.50 bits per heavy atom. The molecule has 0 atom stereocenters. The highest BCUT2D eigenvalue weighted by atomic mass is 16.5. The second kappa shape index (κ2) is 5.92. The Balaban J connectivity index is 2.59. The van der Waals surface area contributed by atoms with Crippen LogP contribution in [0.25, 0.3) is 0 Å². The summed E-state index contributed by atoms with van der Waals surface area (Å²) in [4.78, 5) is 0. The molecular formula is C12H19BO3. The molecule has 0 aromatic heterocycles. The molecule has 0 bridgehead atoms. The first-order valence-corrected chi connectivity index (χ1v) is 5.60. The zero-order chi connectivity index (χ0) is 12.1. The summed E-state index contributed by atoms with van der Waals surface area (Å²) >= 11 is 0. The Labute approximate surface area is 97.2 Å². The lowest BCUT2D eigenvalue weighted by molar-refractivity contribution is 0.289. The first-order chi connectivity index (χ1) is 7.50. The maximum Gasteiger partial charge on any atom is 0.488 e. The highest BCUT2D eigenvalue weighted by Gasteiger charge is 2.13. The zero-order valence-corrected chi connectivity index (χ0v) is 10.1. The quantitative estimate of drug-likeness (QED) is 0.733. The van der Waals surface area contributed by atoms with Crippen LogP contribution in [0.1, 0.15) is 25.8 Å². The van der Waals surface area contributed by atoms with Crippen molar-refractivity contribution in [3.8, 4) is 5.75 Å². The highest BCUT2D eigenvalue weighted by molar-refractivity contribution is 6.59. The third-order valence-electron chi connectivity index (χ3n) is 2.48. The predicted octanol–water partition coefficient (Wildman–Crippen LogP) is 1.10. The van der Waals surface area contributed by atoms with Crippen molar-refractivity contribution in [3.63, 3.8) is 0 Å². The molecule has 0 spiro atoms. The molecule has 3 nitrogen and oxygen atoms in total. The van der Waals surface area contributed by atoms with Crippen molar-refractivity contribution in [2.45, 2.75) is 27.2 Å². The lowest BCUT2D eigenvalue weighted by atomic mass is 9.77. The summed E-state index contributed by atoms with van der Waals surface area (Å²) in [5.41, 5.74) is 1.35. The Kier molecular flexibility index (Phi) is 4.84. The fourth-order valence-electron chi connectivity index (χ4n) is 1.44. The van der Waals surface area contributed by atoms with E-state index in [4.69, 9.17) is 14.8 Å². The van der Waals surface area contributed by atoms with Gasteiger partial charge in [-0.3, -0.25) is 0 Å². The predicted molar refractivity (Wildman–Crippen MR) is 66.0 cm³/mol. The van der Waals surface area contributed by atoms with Crippen LogP contribution in [0.5, 0.6) is 5.75 Å². The van der Waals surface area contributed by atoms with Crippen LogP contribution in [0, 0.1) is 12.8 Å². The molecule has 88 valence electrons. The molecule has 0 unspecified atom stereocenters. The van der Waals surface area contributed by atoms with Gasteiger partial charge in [0.05, 0.1) is 6.61 Å². The maximum atomic E-state index is 9.06. The van der Waals surface area contributed by atoms with Crippen molar-refractivity contribution in [3.05, 3.63) is 23.8 Å². The van der Waals surface area contributed by atoms with E-state index in [9.17, 15) is 0 Å². The van der Waals surface area contributed by atoms with Gasteiger partial charge in [-0.2, -0.15) is 0 Å². The SMILES string of the molecule is Cc1cc(OCCC(C)C)ccc1B(O)O. The molecule has 0 aliphatic carbocycles. The van der Waals surface area contributed by atoms with Crippen LogP contribution in [0.2, 0.25) is 0 Å². The molecule has 0 heterocycles. The van der Waals surface area contributed by atoms with E-state index in [1.165, 1.54) is 0 Å². The van der Waals surface area contributed by atoms with Gasteiger partial charge in [0.25, 0.3) is 0 Å². The standard InChI is InChI=1S/C12H19BO3/c1-9(2)6-7-16-11-4-5-12(13(14)15)10(3)8-11/h4-5,8-9,14-15H,6-7H2,1-3H3. The maximum absolute atomic E-state index is 9.06. The summed E-state index contributed by atoms with van der Waals surface area (Å²) in [6.07, 6.45) is 1.02. The zero-order valence-electron chi connectivity index (χ0n) is 10.1. The first kappa shape index (κ1) is 13.1. The minimum atomic E-state index is -1.41. The average Bonchev–Trinajstić information content (AvgIpc) is 2.16. The summed E-state index contributed by atoms with van der Waals surface area (Å²) in [5, 5.41) is 18.1. The summed E-state index contributed by atoms with van der Waals surface area (Å²) < 4.78 is 5.57. The fraction of sp³-hybridized carbons (Fsp3) is 0.500. The third kappa shape index (κ3) is 3.87. The van der Waals surface area contributed by atoms with Gasteiger partial charge < -0.3 is 14.8 Å². The van der Waals surface area contributed by atoms with Crippen molar-refractivity contribution in [1.29, 1.82) is 0 Å². The molecule has 0 radical (unpaired) electrons. The molecule has 1 aromatic rings. The summed E-state index contributed by atoms with van der Waals surface area (Å²) in [5.74, 6) is 1.40. The average molecular weight is 222 g/mol. The van der Waals surface area contributed by atoms with Crippen LogP contribution in [0.4, 0.5) is 0 Å². The van der Waals surface area contributed by atoms with Gasteiger partial charge in [-0.15, -0.1) is 0 Å². The highest BCUT2D eigenvalue weighted by Crippen LogP contribution is 2.12. The topological polar surface area (TPSA) is 49.7 Å². The Hall–Kier alpha value is -0.995. The van der Waals surface area contributed by atoms with E-state index >= 15 is 0 Å². The van der Waals surface area contributed by atoms with Crippen molar-refractivity contribution >= 4 is 12.6 Å². The molecule has 1 aromatic carbocycles. The van der Waals surface area contributed by atoms with Gasteiger partial charge in [0, 0.05) is 0 Å². The van der Waals surface area contributed by atoms with Gasteiger partial charge in [-0.1, -0.05) is 19.9 Å². The molecule has 16 heavy (non-hydrogen) atoms. The molecule has 2 N–H and O–H groups in total. The lowest BCUT2D eigenvalue weighted by Crippen LogP contribution is -2.31. The molecule has 0 aliphatic heterocycles. The van der Waals surface area contributed by atoms with Gasteiger partial charge >= 0.3 is 7.12 Å². The van der Waals surface area contributed by atoms with Crippen LogP contribution in [-0.4, -0.2) is 23.8 Å². The van der Waals surface area contributed by atoms with Crippen LogP contribution in [-0.2, 0) is 0 Å². The van der Waals surface area contributed by atoms with Crippen molar-refractivity contribution in [2.75, 3.05) is 6.61 Å². The Bertz CT molecular complexity index is 337. The Morgan fingerprint density at radius 1 is 1.31 bits per heavy atom. The number of ether oxygens (including phenoxy) is 1. The van der Waals surface area contributed by atoms with Gasteiger partial charge in [-0.25, -0.2) is 0 Å². The molecule has 0 aliphatic rings. The van der Waals surface area contributed by atoms with Crippen molar-refractivity contribution < 1.29 is 14.8 Å². The monoisotopic (exact) mass is 222 g/mol. The van der Waals surface area contributed by atoms with Crippen LogP contribution < -0.4 is 10.2 Å². The van der Waals surface area contributed by atoms with Crippen molar-refractivity contribution in [2.24, 2.45) is 5.92 Å². The molecule has 0 saturated carbocycles. The summed E-state index contributed by atoms with van der Waals surface area (Å²) in [7, 11) is -1.41. The number of hydrogen-bond donors (Lipinski definition) is 2. The third-order valence-corrected chi connectivity index (χ3v) is 2.48. The number of aryl methyl sites for hydroxylation is 1. The van der Waals surface area contributed by atoms with E-state index in [2.05, 4.69) is 13.8 Å². The minimum absolute atomic E-state index is 0.524. The van der Waals surface area contributed by atoms with Gasteiger partial charge in [-0.05, 0) is 42.4 Å². The van der Waals surface area contributed by atoms with Crippen LogP contribution in [0.15, 0.2) is 18.2 Å². The van der Waals surface area contributed by atoms with E-state index in [1.807, 2.05) is 13.0 Å². The molecule has 0 saturated heterocycles. The van der Waals surface area contributed by atoms with E-state index < -0.39 is 7.12 Å². The summed E-state index contributed by atoms with van der Waals surface area (Å²) in [6, 6.07) is 5.28. The van der Waals surface area contributed by atoms with Crippen LogP contribution in [0.3, 0.4) is 0 Å². The smallest absolute Gasteiger partial charge is 0.488 e. The normalized spacial score (nSPS) is 10.6. The van der Waals surface area contributed by atoms with E-state index in [-0.39, 0.29) is 0 Å². The lowest BCUT2D eigenvalue weighted by Gasteiger charge is -2.10. The minimum Gasteiger partial charge on any atom is -0.494 e. The van der Waals surface area contributed by atoms with Crippen molar-refractivity contribution in [1.82, 2.24) is 0 Å². The number of rotatable bonds is 5. The van der Waals surface area contributed by atoms with E-state index in [0.717, 1.165) is 17.7 Å². The molecule has 1 rings (SSSR count). The van der Waals surface area contributed by atoms with E-state index in [0.29, 0.717) is 18.0 Å². The molecule has 4 heteroatoms. The van der Waals surface area contributed by atoms with Crippen LogP contribution >= 0.6 is 0 Å². The largest absolute Gasteiger partial charge is 0.494 e. The second-order valence-corrected chi connectivity index (χ2v) is 4.42. The van der Waals surface area contributed by atoms with Gasteiger partial charge in [0.1, 0.15) is 5.75 Å².